The van der Waals surface area contributed by atoms with E-state index >= 15 is 0 Å². The Morgan fingerprint density at radius 3 is 1.92 bits per heavy atom. The van der Waals surface area contributed by atoms with Crippen molar-refractivity contribution in [2.24, 2.45) is 0 Å². The van der Waals surface area contributed by atoms with E-state index in [4.69, 9.17) is 15.0 Å². The van der Waals surface area contributed by atoms with Crippen molar-refractivity contribution in [2.75, 3.05) is 11.9 Å². The van der Waals surface area contributed by atoms with Crippen LogP contribution in [0.5, 0.6) is 0 Å². The van der Waals surface area contributed by atoms with Crippen molar-refractivity contribution in [3.63, 3.8) is 0 Å². The van der Waals surface area contributed by atoms with Crippen LogP contribution >= 0.6 is 11.8 Å². The fourth-order valence-electron chi connectivity index (χ4n) is 7.32. The Kier molecular flexibility index (Phi) is 6.96. The molecule has 0 N–H and O–H groups in total. The molecule has 0 fully saturated rings. The number of aromatic nitrogens is 4. The molecule has 1 aliphatic rings. The second-order valence-corrected chi connectivity index (χ2v) is 14.1. The van der Waals surface area contributed by atoms with Crippen molar-refractivity contribution in [1.29, 1.82) is 0 Å². The van der Waals surface area contributed by atoms with Crippen molar-refractivity contribution < 1.29 is 0 Å². The minimum absolute atomic E-state index is 0.208. The number of fused-ring (bicyclic) bond motifs is 5. The largest absolute Gasteiger partial charge is 0.357 e. The highest BCUT2D eigenvalue weighted by molar-refractivity contribution is 8.00. The Bertz CT molecular complexity index is 2750. The monoisotopic (exact) mass is 673 g/mol. The summed E-state index contributed by atoms with van der Waals surface area (Å²) >= 11 is 1.91. The number of para-hydroxylation sites is 2. The Balaban J connectivity index is 1.08. The number of nitrogens with zero attached hydrogens (tertiary/aromatic N) is 5. The van der Waals surface area contributed by atoms with Gasteiger partial charge in [0.25, 0.3) is 0 Å². The van der Waals surface area contributed by atoms with Gasteiger partial charge in [-0.25, -0.2) is 15.0 Å². The summed E-state index contributed by atoms with van der Waals surface area (Å²) in [5.41, 5.74) is 8.87. The topological polar surface area (TPSA) is 46.8 Å². The summed E-state index contributed by atoms with van der Waals surface area (Å²) in [4.78, 5) is 18.7. The first-order valence-corrected chi connectivity index (χ1v) is 18.0. The van der Waals surface area contributed by atoms with Gasteiger partial charge >= 0.3 is 0 Å². The molecule has 10 rings (SSSR count). The van der Waals surface area contributed by atoms with Gasteiger partial charge < -0.3 is 9.47 Å². The Morgan fingerprint density at radius 2 is 1.12 bits per heavy atom. The molecule has 0 bridgehead atoms. The molecule has 2 aromatic heterocycles. The normalized spacial score (nSPS) is 14.1. The minimum Gasteiger partial charge on any atom is -0.357 e. The van der Waals surface area contributed by atoms with Crippen LogP contribution in [0, 0.1) is 0 Å². The molecule has 0 spiro atoms. The highest BCUT2D eigenvalue weighted by Gasteiger charge is 2.29. The molecular weight excluding hydrogens is 643 g/mol. The van der Waals surface area contributed by atoms with Gasteiger partial charge in [0.05, 0.1) is 16.7 Å². The van der Waals surface area contributed by atoms with Gasteiger partial charge in [-0.15, -0.1) is 0 Å². The van der Waals surface area contributed by atoms with E-state index in [-0.39, 0.29) is 5.37 Å². The first-order chi connectivity index (χ1) is 25.2. The van der Waals surface area contributed by atoms with Crippen LogP contribution in [-0.2, 0) is 0 Å². The Morgan fingerprint density at radius 1 is 0.490 bits per heavy atom. The SMILES string of the molecule is CN1c2ccccc2SC1c1ccc2c3ccccc3n(-c3ccc(-c4nc(-c5ccccc5)nc(-c5ccc6ccccc6c5)n4)cc3)c2c1. The predicted octanol–water partition coefficient (Wildman–Crippen LogP) is 11.4. The molecule has 6 heteroatoms. The Hall–Kier alpha value is -6.24. The number of hydrogen-bond donors (Lipinski definition) is 0. The maximum absolute atomic E-state index is 5.04. The van der Waals surface area contributed by atoms with Crippen LogP contribution in [0.2, 0.25) is 0 Å². The standard InChI is InChI=1S/C45H31N5S/c1-49-39-17-9-10-18-41(39)51-45(49)34-23-26-37-36-15-7-8-16-38(36)50(40(37)28-34)35-24-21-31(22-25-35)43-46-42(30-12-3-2-4-13-30)47-44(48-43)33-20-19-29-11-5-6-14-32(29)27-33/h2-28,45H,1H3. The van der Waals surface area contributed by atoms with Crippen molar-refractivity contribution >= 4 is 50.0 Å². The lowest BCUT2D eigenvalue weighted by Crippen LogP contribution is -2.17. The second-order valence-electron chi connectivity index (χ2n) is 13.0. The van der Waals surface area contributed by atoms with Crippen LogP contribution in [0.4, 0.5) is 5.69 Å². The van der Waals surface area contributed by atoms with Crippen LogP contribution < -0.4 is 4.90 Å². The number of anilines is 1. The van der Waals surface area contributed by atoms with Crippen molar-refractivity contribution in [2.45, 2.75) is 10.3 Å². The quantitative estimate of drug-likeness (QED) is 0.182. The molecule has 7 aromatic carbocycles. The van der Waals surface area contributed by atoms with E-state index in [2.05, 4.69) is 150 Å². The number of rotatable bonds is 5. The van der Waals surface area contributed by atoms with E-state index in [1.807, 2.05) is 42.1 Å². The Labute approximate surface area is 299 Å². The summed E-state index contributed by atoms with van der Waals surface area (Å²) in [6.45, 7) is 0. The van der Waals surface area contributed by atoms with E-state index in [1.165, 1.54) is 43.3 Å². The molecule has 0 amide bonds. The predicted molar refractivity (Wildman–Crippen MR) is 211 cm³/mol. The number of hydrogen-bond acceptors (Lipinski definition) is 5. The summed E-state index contributed by atoms with van der Waals surface area (Å²) in [5.74, 6) is 1.95. The van der Waals surface area contributed by atoms with Gasteiger partial charge in [-0.3, -0.25) is 0 Å². The van der Waals surface area contributed by atoms with Gasteiger partial charge in [0, 0.05) is 45.1 Å². The van der Waals surface area contributed by atoms with Crippen LogP contribution in [0.15, 0.2) is 169 Å². The van der Waals surface area contributed by atoms with E-state index in [1.54, 1.807) is 0 Å². The maximum atomic E-state index is 5.04. The average Bonchev–Trinajstić information content (AvgIpc) is 3.72. The van der Waals surface area contributed by atoms with Gasteiger partial charge in [0.15, 0.2) is 17.5 Å². The van der Waals surface area contributed by atoms with Gasteiger partial charge in [-0.05, 0) is 70.9 Å². The number of thioether (sulfide) groups is 1. The van der Waals surface area contributed by atoms with Crippen LogP contribution in [0.1, 0.15) is 10.9 Å². The molecule has 5 nitrogen and oxygen atoms in total. The minimum atomic E-state index is 0.208. The molecule has 51 heavy (non-hydrogen) atoms. The molecule has 0 saturated heterocycles. The number of benzene rings is 7. The zero-order valence-corrected chi connectivity index (χ0v) is 28.6. The lowest BCUT2D eigenvalue weighted by molar-refractivity contribution is 0.914. The van der Waals surface area contributed by atoms with Gasteiger partial charge in [-0.1, -0.05) is 121 Å². The van der Waals surface area contributed by atoms with Crippen LogP contribution in [0.3, 0.4) is 0 Å². The zero-order chi connectivity index (χ0) is 33.9. The van der Waals surface area contributed by atoms with Gasteiger partial charge in [0.2, 0.25) is 0 Å². The third-order valence-corrected chi connectivity index (χ3v) is 11.3. The molecule has 3 heterocycles. The molecule has 0 saturated carbocycles. The van der Waals surface area contributed by atoms with Gasteiger partial charge in [0.1, 0.15) is 5.37 Å². The molecule has 1 unspecified atom stereocenters. The summed E-state index contributed by atoms with van der Waals surface area (Å²) < 4.78 is 2.38. The van der Waals surface area contributed by atoms with Crippen molar-refractivity contribution in [1.82, 2.24) is 19.5 Å². The molecule has 0 aliphatic carbocycles. The second kappa shape index (κ2) is 12.0. The van der Waals surface area contributed by atoms with E-state index < -0.39 is 0 Å². The summed E-state index contributed by atoms with van der Waals surface area (Å²) in [7, 11) is 2.19. The summed E-state index contributed by atoms with van der Waals surface area (Å²) in [5, 5.41) is 5.03. The van der Waals surface area contributed by atoms with Crippen molar-refractivity contribution in [3.05, 3.63) is 169 Å². The molecule has 1 atom stereocenters. The molecule has 1 aliphatic heterocycles. The fourth-order valence-corrected chi connectivity index (χ4v) is 8.61. The summed E-state index contributed by atoms with van der Waals surface area (Å²) in [6.07, 6.45) is 0. The highest BCUT2D eigenvalue weighted by atomic mass is 32.2. The molecular formula is C45H31N5S. The third kappa shape index (κ3) is 5.06. The van der Waals surface area contributed by atoms with Crippen molar-refractivity contribution in [3.8, 4) is 39.9 Å². The highest BCUT2D eigenvalue weighted by Crippen LogP contribution is 2.51. The van der Waals surface area contributed by atoms with E-state index in [0.717, 1.165) is 27.8 Å². The van der Waals surface area contributed by atoms with Crippen LogP contribution in [0.25, 0.3) is 72.4 Å². The summed E-state index contributed by atoms with van der Waals surface area (Å²) in [6, 6.07) is 57.8. The fraction of sp³-hybridized carbons (Fsp3) is 0.0444. The van der Waals surface area contributed by atoms with E-state index in [0.29, 0.717) is 17.5 Å². The first-order valence-electron chi connectivity index (χ1n) is 17.1. The van der Waals surface area contributed by atoms with E-state index in [9.17, 15) is 0 Å². The third-order valence-electron chi connectivity index (χ3n) is 9.88. The maximum Gasteiger partial charge on any atom is 0.164 e. The lowest BCUT2D eigenvalue weighted by Gasteiger charge is -2.22. The smallest absolute Gasteiger partial charge is 0.164 e. The zero-order valence-electron chi connectivity index (χ0n) is 27.8. The first kappa shape index (κ1) is 29.7. The van der Waals surface area contributed by atoms with Crippen LogP contribution in [-0.4, -0.2) is 26.6 Å². The lowest BCUT2D eigenvalue weighted by atomic mass is 10.1. The molecule has 9 aromatic rings. The average molecular weight is 674 g/mol. The van der Waals surface area contributed by atoms with Gasteiger partial charge in [-0.2, -0.15) is 0 Å². The molecule has 0 radical (unpaired) electrons. The molecule has 242 valence electrons.